The summed E-state index contributed by atoms with van der Waals surface area (Å²) in [6.07, 6.45) is 1.21. The molecule has 0 spiro atoms. The SMILES string of the molecule is CCCc1c(-c2c(F)cc(F)cc2F)sc(C#N)c1N. The van der Waals surface area contributed by atoms with Crippen LogP contribution in [0.2, 0.25) is 0 Å². The van der Waals surface area contributed by atoms with Crippen LogP contribution in [0, 0.1) is 28.8 Å². The summed E-state index contributed by atoms with van der Waals surface area (Å²) in [6, 6.07) is 3.15. The van der Waals surface area contributed by atoms with Gasteiger partial charge < -0.3 is 5.73 Å². The number of rotatable bonds is 3. The number of nitriles is 1. The molecule has 0 amide bonds. The van der Waals surface area contributed by atoms with E-state index in [1.165, 1.54) is 0 Å². The first-order chi connectivity index (χ1) is 9.49. The molecule has 6 heteroatoms. The number of hydrogen-bond acceptors (Lipinski definition) is 3. The van der Waals surface area contributed by atoms with Crippen molar-refractivity contribution in [2.75, 3.05) is 5.73 Å². The molecule has 0 aliphatic rings. The lowest BCUT2D eigenvalue weighted by molar-refractivity contribution is 0.548. The fraction of sp³-hybridized carbons (Fsp3) is 0.214. The molecule has 20 heavy (non-hydrogen) atoms. The van der Waals surface area contributed by atoms with Crippen LogP contribution < -0.4 is 5.73 Å². The van der Waals surface area contributed by atoms with Gasteiger partial charge in [0, 0.05) is 17.0 Å². The first-order valence-electron chi connectivity index (χ1n) is 5.95. The van der Waals surface area contributed by atoms with Crippen molar-refractivity contribution < 1.29 is 13.2 Å². The summed E-state index contributed by atoms with van der Waals surface area (Å²) in [4.78, 5) is 0.475. The summed E-state index contributed by atoms with van der Waals surface area (Å²) in [5.74, 6) is -2.97. The Balaban J connectivity index is 2.73. The summed E-state index contributed by atoms with van der Waals surface area (Å²) in [6.45, 7) is 1.89. The number of nitrogen functional groups attached to an aromatic ring is 1. The molecule has 0 atom stereocenters. The van der Waals surface area contributed by atoms with Crippen molar-refractivity contribution in [1.82, 2.24) is 0 Å². The zero-order valence-corrected chi connectivity index (χ0v) is 11.5. The van der Waals surface area contributed by atoms with E-state index >= 15 is 0 Å². The molecule has 2 aromatic rings. The Kier molecular flexibility index (Phi) is 4.00. The number of anilines is 1. The molecule has 2 N–H and O–H groups in total. The van der Waals surface area contributed by atoms with Gasteiger partial charge in [0.2, 0.25) is 0 Å². The van der Waals surface area contributed by atoms with Crippen molar-refractivity contribution in [3.8, 4) is 16.5 Å². The number of thiophene rings is 1. The standard InChI is InChI=1S/C14H11F3N2S/c1-2-3-8-13(19)11(6-18)20-14(8)12-9(16)4-7(15)5-10(12)17/h4-5H,2-3,19H2,1H3. The molecule has 1 heterocycles. The van der Waals surface area contributed by atoms with Gasteiger partial charge in [-0.2, -0.15) is 5.26 Å². The van der Waals surface area contributed by atoms with Crippen LogP contribution in [0.1, 0.15) is 23.8 Å². The van der Waals surface area contributed by atoms with E-state index in [1.807, 2.05) is 13.0 Å². The predicted molar refractivity (Wildman–Crippen MR) is 72.8 cm³/mol. The Hall–Kier alpha value is -2.00. The van der Waals surface area contributed by atoms with Gasteiger partial charge in [-0.3, -0.25) is 0 Å². The van der Waals surface area contributed by atoms with Gasteiger partial charge in [0.15, 0.2) is 0 Å². The molecule has 1 aromatic heterocycles. The van der Waals surface area contributed by atoms with Gasteiger partial charge in [0.05, 0.1) is 11.3 Å². The van der Waals surface area contributed by atoms with Gasteiger partial charge >= 0.3 is 0 Å². The Labute approximate surface area is 118 Å². The van der Waals surface area contributed by atoms with E-state index in [1.54, 1.807) is 0 Å². The zero-order chi connectivity index (χ0) is 14.9. The topological polar surface area (TPSA) is 49.8 Å². The molecule has 0 saturated carbocycles. The van der Waals surface area contributed by atoms with Crippen LogP contribution in [0.4, 0.5) is 18.9 Å². The summed E-state index contributed by atoms with van der Waals surface area (Å²) < 4.78 is 40.7. The van der Waals surface area contributed by atoms with Crippen LogP contribution in [0.25, 0.3) is 10.4 Å². The number of benzene rings is 1. The highest BCUT2D eigenvalue weighted by Crippen LogP contribution is 2.41. The van der Waals surface area contributed by atoms with Crippen molar-refractivity contribution in [2.45, 2.75) is 19.8 Å². The van der Waals surface area contributed by atoms with Crippen molar-refractivity contribution in [2.24, 2.45) is 0 Å². The van der Waals surface area contributed by atoms with Gasteiger partial charge in [0.25, 0.3) is 0 Å². The van der Waals surface area contributed by atoms with E-state index in [4.69, 9.17) is 11.0 Å². The molecule has 0 aliphatic carbocycles. The maximum atomic E-state index is 13.9. The van der Waals surface area contributed by atoms with Crippen molar-refractivity contribution in [3.05, 3.63) is 40.0 Å². The van der Waals surface area contributed by atoms with E-state index in [9.17, 15) is 13.2 Å². The maximum Gasteiger partial charge on any atom is 0.137 e. The smallest absolute Gasteiger partial charge is 0.137 e. The van der Waals surface area contributed by atoms with Gasteiger partial charge in [-0.05, 0) is 12.0 Å². The highest BCUT2D eigenvalue weighted by Gasteiger charge is 2.22. The highest BCUT2D eigenvalue weighted by atomic mass is 32.1. The molecule has 2 nitrogen and oxygen atoms in total. The molecule has 0 bridgehead atoms. The minimum Gasteiger partial charge on any atom is -0.397 e. The molecule has 1 aromatic carbocycles. The third kappa shape index (κ3) is 2.37. The number of hydrogen-bond donors (Lipinski definition) is 1. The number of halogens is 3. The fourth-order valence-electron chi connectivity index (χ4n) is 2.02. The average Bonchev–Trinajstić information content (AvgIpc) is 2.67. The first-order valence-corrected chi connectivity index (χ1v) is 6.77. The second-order valence-electron chi connectivity index (χ2n) is 4.26. The van der Waals surface area contributed by atoms with Crippen molar-refractivity contribution >= 4 is 17.0 Å². The molecule has 2 rings (SSSR count). The lowest BCUT2D eigenvalue weighted by atomic mass is 10.0. The van der Waals surface area contributed by atoms with Crippen LogP contribution >= 0.6 is 11.3 Å². The minimum absolute atomic E-state index is 0.214. The van der Waals surface area contributed by atoms with Crippen LogP contribution in [0.15, 0.2) is 12.1 Å². The molecule has 0 fully saturated rings. The van der Waals surface area contributed by atoms with Crippen LogP contribution in [0.5, 0.6) is 0 Å². The summed E-state index contributed by atoms with van der Waals surface area (Å²) >= 11 is 0.925. The Morgan fingerprint density at radius 3 is 2.35 bits per heavy atom. The van der Waals surface area contributed by atoms with Crippen molar-refractivity contribution in [1.29, 1.82) is 5.26 Å². The first kappa shape index (κ1) is 14.4. The van der Waals surface area contributed by atoms with Crippen molar-refractivity contribution in [3.63, 3.8) is 0 Å². The second kappa shape index (κ2) is 5.55. The van der Waals surface area contributed by atoms with Crippen LogP contribution in [0.3, 0.4) is 0 Å². The monoisotopic (exact) mass is 296 g/mol. The zero-order valence-electron chi connectivity index (χ0n) is 10.6. The fourth-order valence-corrected chi connectivity index (χ4v) is 3.14. The summed E-state index contributed by atoms with van der Waals surface area (Å²) in [5.41, 5.74) is 6.30. The van der Waals surface area contributed by atoms with Gasteiger partial charge in [-0.15, -0.1) is 11.3 Å². The molecular formula is C14H11F3N2S. The highest BCUT2D eigenvalue weighted by molar-refractivity contribution is 7.16. The second-order valence-corrected chi connectivity index (χ2v) is 5.28. The van der Waals surface area contributed by atoms with Gasteiger partial charge in [-0.25, -0.2) is 13.2 Å². The third-order valence-electron chi connectivity index (χ3n) is 2.88. The summed E-state index contributed by atoms with van der Waals surface area (Å²) in [7, 11) is 0. The van der Waals surface area contributed by atoms with Gasteiger partial charge in [-0.1, -0.05) is 13.3 Å². The Bertz CT molecular complexity index is 678. The van der Waals surface area contributed by atoms with E-state index < -0.39 is 17.5 Å². The molecule has 0 unspecified atom stereocenters. The number of nitrogens with zero attached hydrogens (tertiary/aromatic N) is 1. The normalized spacial score (nSPS) is 10.6. The Morgan fingerprint density at radius 2 is 1.85 bits per heavy atom. The van der Waals surface area contributed by atoms with E-state index in [0.717, 1.165) is 11.3 Å². The molecule has 0 radical (unpaired) electrons. The van der Waals surface area contributed by atoms with Gasteiger partial charge in [0.1, 0.15) is 28.4 Å². The molecule has 104 valence electrons. The largest absolute Gasteiger partial charge is 0.397 e. The quantitative estimate of drug-likeness (QED) is 0.921. The van der Waals surface area contributed by atoms with E-state index in [0.29, 0.717) is 30.5 Å². The lowest BCUT2D eigenvalue weighted by Crippen LogP contribution is -1.96. The minimum atomic E-state index is -0.995. The lowest BCUT2D eigenvalue weighted by Gasteiger charge is -2.07. The average molecular weight is 296 g/mol. The van der Waals surface area contributed by atoms with E-state index in [-0.39, 0.29) is 21.0 Å². The molecule has 0 aliphatic heterocycles. The Morgan fingerprint density at radius 1 is 1.25 bits per heavy atom. The molecular weight excluding hydrogens is 285 g/mol. The summed E-state index contributed by atoms with van der Waals surface area (Å²) in [5, 5.41) is 8.99. The molecule has 0 saturated heterocycles. The van der Waals surface area contributed by atoms with E-state index in [2.05, 4.69) is 0 Å². The predicted octanol–water partition coefficient (Wildman–Crippen LogP) is 4.24. The van der Waals surface area contributed by atoms with Crippen LogP contribution in [-0.2, 0) is 6.42 Å². The maximum absolute atomic E-state index is 13.9. The van der Waals surface area contributed by atoms with Crippen LogP contribution in [-0.4, -0.2) is 0 Å². The third-order valence-corrected chi connectivity index (χ3v) is 4.05. The number of nitrogens with two attached hydrogens (primary N) is 1.